The van der Waals surface area contributed by atoms with Crippen molar-refractivity contribution in [3.8, 4) is 0 Å². The lowest BCUT2D eigenvalue weighted by molar-refractivity contribution is -0.115. The Bertz CT molecular complexity index is 568. The number of carbonyl (C=O) groups excluding carboxylic acids is 1. The first-order chi connectivity index (χ1) is 11.0. The Morgan fingerprint density at radius 1 is 1.26 bits per heavy atom. The third kappa shape index (κ3) is 3.25. The van der Waals surface area contributed by atoms with E-state index in [1.807, 2.05) is 18.7 Å². The highest BCUT2D eigenvalue weighted by molar-refractivity contribution is 8.01. The molecule has 1 aromatic rings. The molecule has 4 fully saturated rings. The van der Waals surface area contributed by atoms with Crippen molar-refractivity contribution in [2.75, 3.05) is 5.32 Å². The second kappa shape index (κ2) is 5.96. The third-order valence-corrected chi connectivity index (χ3v) is 7.55. The first-order valence-corrected chi connectivity index (χ1v) is 9.87. The molecule has 0 aliphatic heterocycles. The lowest BCUT2D eigenvalue weighted by atomic mass is 9.56. The van der Waals surface area contributed by atoms with Crippen LogP contribution in [0.2, 0.25) is 5.02 Å². The van der Waals surface area contributed by atoms with Crippen molar-refractivity contribution in [2.45, 2.75) is 55.4 Å². The molecular weight excluding hydrogens is 328 g/mol. The molecule has 0 saturated heterocycles. The molecule has 5 heteroatoms. The zero-order chi connectivity index (χ0) is 16.0. The maximum absolute atomic E-state index is 12.5. The van der Waals surface area contributed by atoms with E-state index < -0.39 is 0 Å². The van der Waals surface area contributed by atoms with Crippen molar-refractivity contribution in [3.05, 3.63) is 23.4 Å². The maximum Gasteiger partial charge on any atom is 0.238 e. The van der Waals surface area contributed by atoms with Crippen LogP contribution in [0.25, 0.3) is 0 Å². The van der Waals surface area contributed by atoms with E-state index in [0.717, 1.165) is 17.8 Å². The summed E-state index contributed by atoms with van der Waals surface area (Å²) in [5.74, 6) is 3.39. The third-order valence-electron chi connectivity index (χ3n) is 5.76. The summed E-state index contributed by atoms with van der Waals surface area (Å²) in [5, 5.41) is 3.47. The molecule has 0 radical (unpaired) electrons. The summed E-state index contributed by atoms with van der Waals surface area (Å²) in [6.45, 7) is 2.04. The molecule has 5 rings (SSSR count). The Morgan fingerprint density at radius 3 is 2.39 bits per heavy atom. The average Bonchev–Trinajstić information content (AvgIpc) is 2.47. The van der Waals surface area contributed by atoms with Crippen molar-refractivity contribution in [3.63, 3.8) is 0 Å². The number of thioether (sulfide) groups is 1. The van der Waals surface area contributed by atoms with Crippen LogP contribution in [0.4, 0.5) is 5.82 Å². The number of hydrogen-bond acceptors (Lipinski definition) is 3. The van der Waals surface area contributed by atoms with E-state index in [1.165, 1.54) is 38.5 Å². The van der Waals surface area contributed by atoms with Crippen LogP contribution in [0.15, 0.2) is 18.3 Å². The Morgan fingerprint density at radius 2 is 1.87 bits per heavy atom. The number of halogens is 1. The number of nitrogens with zero attached hydrogens (tertiary/aromatic N) is 1. The van der Waals surface area contributed by atoms with Gasteiger partial charge in [-0.3, -0.25) is 4.79 Å². The molecule has 4 aliphatic carbocycles. The number of anilines is 1. The fourth-order valence-electron chi connectivity index (χ4n) is 5.28. The number of rotatable bonds is 4. The van der Waals surface area contributed by atoms with Gasteiger partial charge in [0.1, 0.15) is 5.82 Å². The normalized spacial score (nSPS) is 36.0. The largest absolute Gasteiger partial charge is 0.310 e. The molecule has 4 bridgehead atoms. The molecule has 1 atom stereocenters. The smallest absolute Gasteiger partial charge is 0.238 e. The molecule has 1 heterocycles. The Hall–Kier alpha value is -0.740. The summed E-state index contributed by atoms with van der Waals surface area (Å²) in [5.41, 5.74) is 0. The highest BCUT2D eigenvalue weighted by atomic mass is 35.5. The lowest BCUT2D eigenvalue weighted by Gasteiger charge is -2.57. The standard InChI is InChI=1S/C18H23ClN2OS/c1-11(17(22)21-16-3-2-15(19)10-20-16)23-18-7-12-4-13(8-18)6-14(5-12)9-18/h2-3,10-14H,4-9H2,1H3,(H,20,21,22)/t11-,12?,13?,14?,18?/m0/s1. The van der Waals surface area contributed by atoms with Crippen LogP contribution in [-0.4, -0.2) is 20.9 Å². The van der Waals surface area contributed by atoms with E-state index in [4.69, 9.17) is 11.6 Å². The Balaban J connectivity index is 1.40. The molecule has 23 heavy (non-hydrogen) atoms. The maximum atomic E-state index is 12.5. The zero-order valence-electron chi connectivity index (χ0n) is 13.4. The van der Waals surface area contributed by atoms with Crippen LogP contribution in [-0.2, 0) is 4.79 Å². The molecular formula is C18H23ClN2OS. The number of nitrogens with one attached hydrogen (secondary N) is 1. The predicted molar refractivity (Wildman–Crippen MR) is 95.8 cm³/mol. The van der Waals surface area contributed by atoms with Crippen LogP contribution < -0.4 is 5.32 Å². The number of amides is 1. The van der Waals surface area contributed by atoms with Crippen molar-refractivity contribution in [2.24, 2.45) is 17.8 Å². The minimum atomic E-state index is -0.0382. The van der Waals surface area contributed by atoms with E-state index >= 15 is 0 Å². The van der Waals surface area contributed by atoms with E-state index in [9.17, 15) is 4.79 Å². The molecule has 124 valence electrons. The molecule has 4 aliphatic rings. The fraction of sp³-hybridized carbons (Fsp3) is 0.667. The molecule has 1 aromatic heterocycles. The number of aromatic nitrogens is 1. The summed E-state index contributed by atoms with van der Waals surface area (Å²) in [7, 11) is 0. The monoisotopic (exact) mass is 350 g/mol. The SMILES string of the molecule is C[C@H](SC12CC3CC(CC(C3)C1)C2)C(=O)Nc1ccc(Cl)cn1. The summed E-state index contributed by atoms with van der Waals surface area (Å²) in [6, 6.07) is 3.50. The van der Waals surface area contributed by atoms with Gasteiger partial charge in [0.15, 0.2) is 0 Å². The molecule has 0 spiro atoms. The number of carbonyl (C=O) groups is 1. The van der Waals surface area contributed by atoms with Gasteiger partial charge in [-0.05, 0) is 75.3 Å². The molecule has 0 unspecified atom stereocenters. The average molecular weight is 351 g/mol. The van der Waals surface area contributed by atoms with E-state index in [0.29, 0.717) is 15.6 Å². The van der Waals surface area contributed by atoms with Crippen LogP contribution in [0.3, 0.4) is 0 Å². The van der Waals surface area contributed by atoms with Crippen molar-refractivity contribution in [1.29, 1.82) is 0 Å². The van der Waals surface area contributed by atoms with Gasteiger partial charge in [-0.1, -0.05) is 11.6 Å². The number of pyridine rings is 1. The van der Waals surface area contributed by atoms with E-state index in [-0.39, 0.29) is 11.2 Å². The minimum absolute atomic E-state index is 0.0382. The fourth-order valence-corrected chi connectivity index (χ4v) is 7.31. The van der Waals surface area contributed by atoms with Gasteiger partial charge in [-0.15, -0.1) is 11.8 Å². The highest BCUT2D eigenvalue weighted by Gasteiger charge is 2.52. The molecule has 0 aromatic carbocycles. The minimum Gasteiger partial charge on any atom is -0.310 e. The van der Waals surface area contributed by atoms with Gasteiger partial charge >= 0.3 is 0 Å². The molecule has 4 saturated carbocycles. The van der Waals surface area contributed by atoms with Crippen LogP contribution in [0.1, 0.15) is 45.4 Å². The summed E-state index contributed by atoms with van der Waals surface area (Å²) < 4.78 is 0.360. The van der Waals surface area contributed by atoms with Gasteiger partial charge in [0.2, 0.25) is 5.91 Å². The Kier molecular flexibility index (Phi) is 4.09. The molecule has 1 amide bonds. The van der Waals surface area contributed by atoms with Crippen LogP contribution in [0.5, 0.6) is 0 Å². The van der Waals surface area contributed by atoms with E-state index in [2.05, 4.69) is 10.3 Å². The highest BCUT2D eigenvalue weighted by Crippen LogP contribution is 2.61. The second-order valence-electron chi connectivity index (χ2n) is 7.71. The summed E-state index contributed by atoms with van der Waals surface area (Å²) in [6.07, 6.45) is 9.84. The zero-order valence-corrected chi connectivity index (χ0v) is 15.0. The van der Waals surface area contributed by atoms with Gasteiger partial charge in [0.25, 0.3) is 0 Å². The van der Waals surface area contributed by atoms with Gasteiger partial charge in [0, 0.05) is 10.9 Å². The second-order valence-corrected chi connectivity index (χ2v) is 9.96. The van der Waals surface area contributed by atoms with Crippen molar-refractivity contribution >= 4 is 35.1 Å². The Labute approximate surface area is 147 Å². The van der Waals surface area contributed by atoms with Crippen LogP contribution in [0, 0.1) is 17.8 Å². The summed E-state index contributed by atoms with van der Waals surface area (Å²) in [4.78, 5) is 16.7. The van der Waals surface area contributed by atoms with Gasteiger partial charge < -0.3 is 5.32 Å². The number of hydrogen-bond donors (Lipinski definition) is 1. The van der Waals surface area contributed by atoms with Crippen LogP contribution >= 0.6 is 23.4 Å². The molecule has 3 nitrogen and oxygen atoms in total. The quantitative estimate of drug-likeness (QED) is 0.850. The first-order valence-electron chi connectivity index (χ1n) is 8.62. The van der Waals surface area contributed by atoms with Gasteiger partial charge in [0.05, 0.1) is 10.3 Å². The predicted octanol–water partition coefficient (Wildman–Crippen LogP) is 4.76. The van der Waals surface area contributed by atoms with Crippen molar-refractivity contribution < 1.29 is 4.79 Å². The van der Waals surface area contributed by atoms with Gasteiger partial charge in [-0.2, -0.15) is 0 Å². The van der Waals surface area contributed by atoms with Gasteiger partial charge in [-0.25, -0.2) is 4.98 Å². The topological polar surface area (TPSA) is 42.0 Å². The first kappa shape index (κ1) is 15.8. The lowest BCUT2D eigenvalue weighted by Crippen LogP contribution is -2.49. The molecule has 1 N–H and O–H groups in total. The van der Waals surface area contributed by atoms with E-state index in [1.54, 1.807) is 18.3 Å². The van der Waals surface area contributed by atoms with Crippen molar-refractivity contribution in [1.82, 2.24) is 4.98 Å². The summed E-state index contributed by atoms with van der Waals surface area (Å²) >= 11 is 7.76.